The molecule has 2 aromatic rings. The summed E-state index contributed by atoms with van der Waals surface area (Å²) in [5, 5.41) is 0. The fraction of sp³-hybridized carbons (Fsp3) is 0.250. The standard InChI is InChI=1S/C16H15BrFNO/c17-16-11(2-1-3-14(16)18)7-15(19)10-4-5-12-8-20-9-13(12)6-10/h1-6,15H,7-9,19H2. The minimum atomic E-state index is -0.253. The maximum absolute atomic E-state index is 13.5. The number of nitrogens with two attached hydrogens (primary N) is 1. The Bertz CT molecular complexity index is 644. The van der Waals surface area contributed by atoms with Crippen molar-refractivity contribution in [3.63, 3.8) is 0 Å². The van der Waals surface area contributed by atoms with Crippen molar-refractivity contribution in [2.24, 2.45) is 5.73 Å². The van der Waals surface area contributed by atoms with Crippen LogP contribution in [-0.2, 0) is 24.4 Å². The minimum absolute atomic E-state index is 0.154. The fourth-order valence-electron chi connectivity index (χ4n) is 2.48. The summed E-state index contributed by atoms with van der Waals surface area (Å²) >= 11 is 3.28. The summed E-state index contributed by atoms with van der Waals surface area (Å²) < 4.78 is 19.4. The van der Waals surface area contributed by atoms with Gasteiger partial charge in [-0.3, -0.25) is 0 Å². The van der Waals surface area contributed by atoms with E-state index in [1.54, 1.807) is 6.07 Å². The van der Waals surface area contributed by atoms with E-state index in [4.69, 9.17) is 10.5 Å². The molecule has 0 fully saturated rings. The number of rotatable bonds is 3. The average Bonchev–Trinajstić information content (AvgIpc) is 2.91. The van der Waals surface area contributed by atoms with Crippen LogP contribution in [0.25, 0.3) is 0 Å². The highest BCUT2D eigenvalue weighted by atomic mass is 79.9. The molecule has 3 rings (SSSR count). The molecule has 2 aromatic carbocycles. The molecule has 1 aliphatic heterocycles. The SMILES string of the molecule is NC(Cc1cccc(F)c1Br)c1ccc2c(c1)COC2. The summed E-state index contributed by atoms with van der Waals surface area (Å²) in [5.74, 6) is -0.253. The molecule has 20 heavy (non-hydrogen) atoms. The third-order valence-electron chi connectivity index (χ3n) is 3.65. The number of fused-ring (bicyclic) bond motifs is 1. The van der Waals surface area contributed by atoms with Crippen LogP contribution in [0.1, 0.15) is 28.3 Å². The number of hydrogen-bond donors (Lipinski definition) is 1. The van der Waals surface area contributed by atoms with Crippen LogP contribution in [0.5, 0.6) is 0 Å². The molecule has 0 amide bonds. The largest absolute Gasteiger partial charge is 0.372 e. The first-order valence-corrected chi connectivity index (χ1v) is 7.32. The molecule has 0 spiro atoms. The molecule has 1 aliphatic rings. The van der Waals surface area contributed by atoms with Crippen LogP contribution in [0, 0.1) is 5.82 Å². The summed E-state index contributed by atoms with van der Waals surface area (Å²) in [6.07, 6.45) is 0.595. The average molecular weight is 336 g/mol. The Morgan fingerprint density at radius 1 is 1.20 bits per heavy atom. The van der Waals surface area contributed by atoms with Gasteiger partial charge in [0, 0.05) is 6.04 Å². The van der Waals surface area contributed by atoms with Gasteiger partial charge in [0.1, 0.15) is 5.82 Å². The number of ether oxygens (including phenoxy) is 1. The lowest BCUT2D eigenvalue weighted by atomic mass is 9.96. The van der Waals surface area contributed by atoms with Gasteiger partial charge in [-0.15, -0.1) is 0 Å². The second-order valence-corrected chi connectivity index (χ2v) is 5.84. The molecular formula is C16H15BrFNO. The highest BCUT2D eigenvalue weighted by Crippen LogP contribution is 2.27. The smallest absolute Gasteiger partial charge is 0.137 e. The molecular weight excluding hydrogens is 321 g/mol. The van der Waals surface area contributed by atoms with Crippen molar-refractivity contribution >= 4 is 15.9 Å². The van der Waals surface area contributed by atoms with E-state index >= 15 is 0 Å². The van der Waals surface area contributed by atoms with Crippen molar-refractivity contribution in [3.8, 4) is 0 Å². The van der Waals surface area contributed by atoms with Crippen LogP contribution in [0.2, 0.25) is 0 Å². The monoisotopic (exact) mass is 335 g/mol. The summed E-state index contributed by atoms with van der Waals surface area (Å²) in [6.45, 7) is 1.33. The van der Waals surface area contributed by atoms with Crippen LogP contribution >= 0.6 is 15.9 Å². The topological polar surface area (TPSA) is 35.2 Å². The van der Waals surface area contributed by atoms with Crippen molar-refractivity contribution in [1.82, 2.24) is 0 Å². The van der Waals surface area contributed by atoms with Gasteiger partial charge in [0.25, 0.3) is 0 Å². The lowest BCUT2D eigenvalue weighted by molar-refractivity contribution is 0.134. The normalized spacial score (nSPS) is 15.2. The van der Waals surface area contributed by atoms with Crippen LogP contribution < -0.4 is 5.73 Å². The predicted octanol–water partition coefficient (Wildman–Crippen LogP) is 3.86. The molecule has 0 bridgehead atoms. The first-order valence-electron chi connectivity index (χ1n) is 6.53. The maximum Gasteiger partial charge on any atom is 0.137 e. The Kier molecular flexibility index (Phi) is 3.87. The van der Waals surface area contributed by atoms with Gasteiger partial charge in [0.15, 0.2) is 0 Å². The zero-order chi connectivity index (χ0) is 14.1. The molecule has 0 radical (unpaired) electrons. The van der Waals surface area contributed by atoms with Crippen LogP contribution in [0.15, 0.2) is 40.9 Å². The molecule has 2 N–H and O–H groups in total. The van der Waals surface area contributed by atoms with Gasteiger partial charge in [-0.1, -0.05) is 30.3 Å². The third-order valence-corrected chi connectivity index (χ3v) is 4.53. The van der Waals surface area contributed by atoms with E-state index < -0.39 is 0 Å². The Morgan fingerprint density at radius 3 is 2.85 bits per heavy atom. The van der Waals surface area contributed by atoms with Gasteiger partial charge in [-0.2, -0.15) is 0 Å². The fourth-order valence-corrected chi connectivity index (χ4v) is 2.91. The zero-order valence-electron chi connectivity index (χ0n) is 10.9. The first kappa shape index (κ1) is 13.7. The second-order valence-electron chi connectivity index (χ2n) is 5.04. The molecule has 1 atom stereocenters. The minimum Gasteiger partial charge on any atom is -0.372 e. The summed E-state index contributed by atoms with van der Waals surface area (Å²) in [5.41, 5.74) is 10.6. The number of hydrogen-bond acceptors (Lipinski definition) is 2. The summed E-state index contributed by atoms with van der Waals surface area (Å²) in [4.78, 5) is 0. The predicted molar refractivity (Wildman–Crippen MR) is 79.7 cm³/mol. The van der Waals surface area contributed by atoms with Gasteiger partial charge in [-0.05, 0) is 50.7 Å². The highest BCUT2D eigenvalue weighted by molar-refractivity contribution is 9.10. The van der Waals surface area contributed by atoms with Crippen LogP contribution in [-0.4, -0.2) is 0 Å². The van der Waals surface area contributed by atoms with Crippen molar-refractivity contribution in [3.05, 3.63) is 68.9 Å². The number of benzene rings is 2. The van der Waals surface area contributed by atoms with Gasteiger partial charge >= 0.3 is 0 Å². The van der Waals surface area contributed by atoms with E-state index in [-0.39, 0.29) is 11.9 Å². The zero-order valence-corrected chi connectivity index (χ0v) is 12.5. The van der Waals surface area contributed by atoms with E-state index in [9.17, 15) is 4.39 Å². The highest BCUT2D eigenvalue weighted by Gasteiger charge is 2.16. The molecule has 0 saturated carbocycles. The van der Waals surface area contributed by atoms with Crippen LogP contribution in [0.4, 0.5) is 4.39 Å². The van der Waals surface area contributed by atoms with E-state index in [0.29, 0.717) is 24.1 Å². The molecule has 4 heteroatoms. The van der Waals surface area contributed by atoms with Crippen molar-refractivity contribution in [2.45, 2.75) is 25.7 Å². The van der Waals surface area contributed by atoms with Gasteiger partial charge in [0.2, 0.25) is 0 Å². The lowest BCUT2D eigenvalue weighted by Gasteiger charge is -2.14. The summed E-state index contributed by atoms with van der Waals surface area (Å²) in [6, 6.07) is 11.1. The Labute approximate surface area is 125 Å². The van der Waals surface area contributed by atoms with Gasteiger partial charge < -0.3 is 10.5 Å². The molecule has 0 aromatic heterocycles. The second kappa shape index (κ2) is 5.64. The molecule has 2 nitrogen and oxygen atoms in total. The van der Waals surface area contributed by atoms with E-state index in [2.05, 4.69) is 28.1 Å². The van der Waals surface area contributed by atoms with Crippen LogP contribution in [0.3, 0.4) is 0 Å². The Hall–Kier alpha value is -1.23. The molecule has 1 unspecified atom stereocenters. The quantitative estimate of drug-likeness (QED) is 0.924. The summed E-state index contributed by atoms with van der Waals surface area (Å²) in [7, 11) is 0. The van der Waals surface area contributed by atoms with Crippen molar-refractivity contribution in [1.29, 1.82) is 0 Å². The maximum atomic E-state index is 13.5. The molecule has 0 aliphatic carbocycles. The van der Waals surface area contributed by atoms with E-state index in [1.807, 2.05) is 12.1 Å². The molecule has 0 saturated heterocycles. The number of halogens is 2. The van der Waals surface area contributed by atoms with E-state index in [1.165, 1.54) is 17.2 Å². The lowest BCUT2D eigenvalue weighted by Crippen LogP contribution is -2.14. The Morgan fingerprint density at radius 2 is 2.00 bits per heavy atom. The molecule has 104 valence electrons. The van der Waals surface area contributed by atoms with E-state index in [0.717, 1.165) is 11.1 Å². The Balaban J connectivity index is 1.82. The molecule has 1 heterocycles. The first-order chi connectivity index (χ1) is 9.65. The van der Waals surface area contributed by atoms with Crippen molar-refractivity contribution < 1.29 is 9.13 Å². The van der Waals surface area contributed by atoms with Gasteiger partial charge in [-0.25, -0.2) is 4.39 Å². The third kappa shape index (κ3) is 2.64. The van der Waals surface area contributed by atoms with Gasteiger partial charge in [0.05, 0.1) is 17.7 Å². The van der Waals surface area contributed by atoms with Crippen molar-refractivity contribution in [2.75, 3.05) is 0 Å².